The minimum atomic E-state index is -1.12. The van der Waals surface area contributed by atoms with Gasteiger partial charge in [-0.25, -0.2) is 4.39 Å². The number of aromatic nitrogens is 2. The van der Waals surface area contributed by atoms with E-state index >= 15 is 0 Å². The van der Waals surface area contributed by atoms with Gasteiger partial charge < -0.3 is 15.8 Å². The second kappa shape index (κ2) is 8.73. The lowest BCUT2D eigenvalue weighted by Gasteiger charge is -2.08. The van der Waals surface area contributed by atoms with Gasteiger partial charge in [-0.3, -0.25) is 9.97 Å². The average molecular weight is 426 g/mol. The Morgan fingerprint density at radius 2 is 1.93 bits per heavy atom. The molecule has 4 rings (SSSR count). The first-order valence-electron chi connectivity index (χ1n) is 9.52. The fourth-order valence-electron chi connectivity index (χ4n) is 2.95. The Morgan fingerprint density at radius 3 is 2.70 bits per heavy atom. The Bertz CT molecular complexity index is 1180. The van der Waals surface area contributed by atoms with Crippen molar-refractivity contribution in [3.05, 3.63) is 66.0 Å². The van der Waals surface area contributed by atoms with Crippen LogP contribution in [-0.2, 0) is 6.54 Å². The fraction of sp³-hybridized carbons (Fsp3) is 0.182. The molecule has 5 nitrogen and oxygen atoms in total. The molecule has 0 aliphatic carbocycles. The molecular weight excluding hydrogens is 406 g/mol. The maximum Gasteiger partial charge on any atom is 0.203 e. The van der Waals surface area contributed by atoms with Crippen LogP contribution >= 0.6 is 11.3 Å². The van der Waals surface area contributed by atoms with Gasteiger partial charge in [-0.1, -0.05) is 13.0 Å². The molecule has 0 bridgehead atoms. The molecule has 0 fully saturated rings. The van der Waals surface area contributed by atoms with Crippen LogP contribution in [0.2, 0.25) is 0 Å². The summed E-state index contributed by atoms with van der Waals surface area (Å²) in [6.07, 6.45) is 4.49. The number of nitrogen functional groups attached to an aromatic ring is 1. The van der Waals surface area contributed by atoms with E-state index in [4.69, 9.17) is 10.5 Å². The van der Waals surface area contributed by atoms with E-state index in [0.717, 1.165) is 40.3 Å². The van der Waals surface area contributed by atoms with E-state index in [1.807, 2.05) is 24.4 Å². The Labute approximate surface area is 176 Å². The van der Waals surface area contributed by atoms with Crippen molar-refractivity contribution < 1.29 is 13.5 Å². The first-order valence-corrected chi connectivity index (χ1v) is 10.3. The largest absolute Gasteiger partial charge is 0.453 e. The number of rotatable bonds is 7. The predicted octanol–water partition coefficient (Wildman–Crippen LogP) is 5.51. The third kappa shape index (κ3) is 4.10. The van der Waals surface area contributed by atoms with Crippen molar-refractivity contribution in [3.8, 4) is 22.1 Å². The number of halogens is 2. The van der Waals surface area contributed by atoms with Crippen molar-refractivity contribution in [3.63, 3.8) is 0 Å². The lowest BCUT2D eigenvalue weighted by molar-refractivity contribution is 0.420. The SMILES string of the molecule is CCCNCc1ccc(-c2cc3nccc(Oc4ccc(N)c(F)c4F)c3s2)nc1. The van der Waals surface area contributed by atoms with E-state index in [-0.39, 0.29) is 11.4 Å². The second-order valence-electron chi connectivity index (χ2n) is 6.75. The summed E-state index contributed by atoms with van der Waals surface area (Å²) in [5.41, 5.74) is 7.74. The predicted molar refractivity (Wildman–Crippen MR) is 116 cm³/mol. The van der Waals surface area contributed by atoms with Crippen LogP contribution in [0.3, 0.4) is 0 Å². The van der Waals surface area contributed by atoms with Crippen molar-refractivity contribution in [2.45, 2.75) is 19.9 Å². The van der Waals surface area contributed by atoms with Gasteiger partial charge in [-0.15, -0.1) is 11.3 Å². The van der Waals surface area contributed by atoms with Gasteiger partial charge in [-0.2, -0.15) is 4.39 Å². The number of nitrogens with zero attached hydrogens (tertiary/aromatic N) is 2. The van der Waals surface area contributed by atoms with Gasteiger partial charge >= 0.3 is 0 Å². The van der Waals surface area contributed by atoms with E-state index in [1.54, 1.807) is 12.3 Å². The second-order valence-corrected chi connectivity index (χ2v) is 7.80. The zero-order chi connectivity index (χ0) is 21.1. The van der Waals surface area contributed by atoms with Crippen LogP contribution in [0.5, 0.6) is 11.5 Å². The number of benzene rings is 1. The number of hydrogen-bond acceptors (Lipinski definition) is 6. The zero-order valence-corrected chi connectivity index (χ0v) is 17.1. The number of thiophene rings is 1. The monoisotopic (exact) mass is 426 g/mol. The standard InChI is InChI=1S/C22H20F2N4OS/c1-2-8-26-11-13-3-5-15(28-12-13)19-10-16-22(30-19)18(7-9-27-16)29-17-6-4-14(25)20(23)21(17)24/h3-7,9-10,12,26H,2,8,11,25H2,1H3. The molecule has 30 heavy (non-hydrogen) atoms. The summed E-state index contributed by atoms with van der Waals surface area (Å²) < 4.78 is 34.3. The molecule has 4 aromatic rings. The molecule has 8 heteroatoms. The van der Waals surface area contributed by atoms with E-state index < -0.39 is 11.6 Å². The smallest absolute Gasteiger partial charge is 0.203 e. The minimum Gasteiger partial charge on any atom is -0.453 e. The molecule has 0 saturated heterocycles. The number of nitrogens with one attached hydrogen (secondary N) is 1. The third-order valence-electron chi connectivity index (χ3n) is 4.51. The Morgan fingerprint density at radius 1 is 1.07 bits per heavy atom. The van der Waals surface area contributed by atoms with Gasteiger partial charge in [0.15, 0.2) is 11.6 Å². The summed E-state index contributed by atoms with van der Waals surface area (Å²) in [6, 6.07) is 10.1. The number of anilines is 1. The quantitative estimate of drug-likeness (QED) is 0.301. The van der Waals surface area contributed by atoms with Crippen LogP contribution in [0.1, 0.15) is 18.9 Å². The molecule has 3 heterocycles. The first kappa shape index (κ1) is 20.2. The maximum absolute atomic E-state index is 14.2. The number of ether oxygens (including phenoxy) is 1. The summed E-state index contributed by atoms with van der Waals surface area (Å²) in [6.45, 7) is 3.86. The fourth-order valence-corrected chi connectivity index (χ4v) is 3.99. The van der Waals surface area contributed by atoms with Gasteiger partial charge in [0.05, 0.1) is 26.5 Å². The van der Waals surface area contributed by atoms with Gasteiger partial charge in [0.1, 0.15) is 5.75 Å². The summed E-state index contributed by atoms with van der Waals surface area (Å²) in [4.78, 5) is 9.81. The summed E-state index contributed by atoms with van der Waals surface area (Å²) in [5.74, 6) is -2.08. The Kier molecular flexibility index (Phi) is 5.87. The van der Waals surface area contributed by atoms with Crippen molar-refractivity contribution in [1.82, 2.24) is 15.3 Å². The highest BCUT2D eigenvalue weighted by molar-refractivity contribution is 7.22. The van der Waals surface area contributed by atoms with Gasteiger partial charge in [0.2, 0.25) is 5.82 Å². The summed E-state index contributed by atoms with van der Waals surface area (Å²) >= 11 is 1.43. The van der Waals surface area contributed by atoms with Crippen LogP contribution < -0.4 is 15.8 Å². The van der Waals surface area contributed by atoms with Crippen LogP contribution in [0.4, 0.5) is 14.5 Å². The molecular formula is C22H20F2N4OS. The molecule has 3 aromatic heterocycles. The van der Waals surface area contributed by atoms with Crippen LogP contribution in [0.15, 0.2) is 48.8 Å². The zero-order valence-electron chi connectivity index (χ0n) is 16.3. The van der Waals surface area contributed by atoms with Crippen molar-refractivity contribution in [2.24, 2.45) is 0 Å². The molecule has 0 amide bonds. The normalized spacial score (nSPS) is 11.2. The van der Waals surface area contributed by atoms with E-state index in [2.05, 4.69) is 22.2 Å². The molecule has 0 spiro atoms. The Hall–Kier alpha value is -3.10. The summed E-state index contributed by atoms with van der Waals surface area (Å²) in [5, 5.41) is 3.35. The third-order valence-corrected chi connectivity index (χ3v) is 5.67. The number of hydrogen-bond donors (Lipinski definition) is 2. The number of fused-ring (bicyclic) bond motifs is 1. The first-order chi connectivity index (χ1) is 14.6. The molecule has 0 atom stereocenters. The number of nitrogens with two attached hydrogens (primary N) is 1. The molecule has 0 aliphatic heterocycles. The van der Waals surface area contributed by atoms with E-state index in [0.29, 0.717) is 11.3 Å². The van der Waals surface area contributed by atoms with Crippen molar-refractivity contribution in [1.29, 1.82) is 0 Å². The van der Waals surface area contributed by atoms with E-state index in [9.17, 15) is 8.78 Å². The molecule has 0 unspecified atom stereocenters. The van der Waals surface area contributed by atoms with E-state index in [1.165, 1.54) is 23.5 Å². The average Bonchev–Trinajstić information content (AvgIpc) is 3.20. The minimum absolute atomic E-state index is 0.230. The summed E-state index contributed by atoms with van der Waals surface area (Å²) in [7, 11) is 0. The highest BCUT2D eigenvalue weighted by atomic mass is 32.1. The Balaban J connectivity index is 1.62. The van der Waals surface area contributed by atoms with Crippen molar-refractivity contribution in [2.75, 3.05) is 12.3 Å². The lowest BCUT2D eigenvalue weighted by Crippen LogP contribution is -2.13. The van der Waals surface area contributed by atoms with Gasteiger partial charge in [0.25, 0.3) is 0 Å². The number of pyridine rings is 2. The van der Waals surface area contributed by atoms with Crippen LogP contribution in [0.25, 0.3) is 20.8 Å². The molecule has 0 saturated carbocycles. The molecule has 0 aliphatic rings. The molecule has 154 valence electrons. The maximum atomic E-state index is 14.2. The molecule has 3 N–H and O–H groups in total. The topological polar surface area (TPSA) is 73.1 Å². The molecule has 1 aromatic carbocycles. The van der Waals surface area contributed by atoms with Crippen LogP contribution in [-0.4, -0.2) is 16.5 Å². The van der Waals surface area contributed by atoms with Gasteiger partial charge in [0, 0.05) is 25.0 Å². The highest BCUT2D eigenvalue weighted by Crippen LogP contribution is 2.39. The highest BCUT2D eigenvalue weighted by Gasteiger charge is 2.16. The van der Waals surface area contributed by atoms with Crippen molar-refractivity contribution >= 4 is 27.2 Å². The van der Waals surface area contributed by atoms with Gasteiger partial charge in [-0.05, 0) is 42.8 Å². The lowest BCUT2D eigenvalue weighted by atomic mass is 10.2. The van der Waals surface area contributed by atoms with Crippen LogP contribution in [0, 0.1) is 11.6 Å². The molecule has 0 radical (unpaired) electrons.